The molecule has 0 aliphatic carbocycles. The molecule has 3 rings (SSSR count). The molecule has 15 atom stereocenters. The summed E-state index contributed by atoms with van der Waals surface area (Å²) in [5, 5.41) is 99.4. The van der Waals surface area contributed by atoms with E-state index in [2.05, 4.69) is 0 Å². The second-order valence-corrected chi connectivity index (χ2v) is 9.03. The summed E-state index contributed by atoms with van der Waals surface area (Å²) in [7, 11) is 0. The van der Waals surface area contributed by atoms with Gasteiger partial charge in [-0.2, -0.15) is 0 Å². The Morgan fingerprint density at radius 1 is 0.525 bits per heavy atom. The second-order valence-electron chi connectivity index (χ2n) is 9.03. The first-order chi connectivity index (χ1) is 18.6. The Kier molecular flexibility index (Phi) is 9.98. The van der Waals surface area contributed by atoms with E-state index in [1.54, 1.807) is 0 Å². The maximum absolute atomic E-state index is 11.9. The smallest absolute Gasteiger partial charge is 0.335 e. The fourth-order valence-electron chi connectivity index (χ4n) is 4.29. The fraction of sp³-hybridized carbons (Fsp3) is 0.800. The van der Waals surface area contributed by atoms with E-state index in [9.17, 15) is 65.1 Å². The first-order valence-electron chi connectivity index (χ1n) is 11.5. The van der Waals surface area contributed by atoms with Crippen LogP contribution in [0.4, 0.5) is 0 Å². The van der Waals surface area contributed by atoms with Crippen LogP contribution in [0.15, 0.2) is 0 Å². The van der Waals surface area contributed by atoms with Crippen molar-refractivity contribution in [2.24, 2.45) is 0 Å². The summed E-state index contributed by atoms with van der Waals surface area (Å²) in [6, 6.07) is 0. The van der Waals surface area contributed by atoms with Crippen LogP contribution in [0, 0.1) is 0 Å². The number of carbonyl (C=O) groups excluding carboxylic acids is 1. The molecule has 3 aliphatic rings. The lowest BCUT2D eigenvalue weighted by Crippen LogP contribution is -2.67. The van der Waals surface area contributed by atoms with Gasteiger partial charge in [0.15, 0.2) is 43.3 Å². The lowest BCUT2D eigenvalue weighted by atomic mass is 9.95. The number of aliphatic carboxylic acids is 3. The molecule has 0 aromatic carbocycles. The van der Waals surface area contributed by atoms with E-state index >= 15 is 0 Å². The summed E-state index contributed by atoms with van der Waals surface area (Å²) in [5.74, 6) is -6.58. The topological polar surface area (TPSA) is 326 Å². The van der Waals surface area contributed by atoms with Gasteiger partial charge in [-0.1, -0.05) is 0 Å². The van der Waals surface area contributed by atoms with Gasteiger partial charge in [0.2, 0.25) is 0 Å². The molecule has 0 aromatic heterocycles. The Bertz CT molecular complexity index is 958. The number of hydrogen-bond acceptors (Lipinski definition) is 17. The molecule has 20 nitrogen and oxygen atoms in total. The molecule has 0 spiro atoms. The Morgan fingerprint density at radius 3 is 1.48 bits per heavy atom. The van der Waals surface area contributed by atoms with E-state index in [0.717, 1.165) is 6.92 Å². The number of aliphatic hydroxyl groups is 7. The number of carboxylic acid groups (broad SMARTS) is 3. The zero-order chi connectivity index (χ0) is 30.2. The number of hydrogen-bond donors (Lipinski definition) is 10. The largest absolute Gasteiger partial charge is 0.479 e. The third kappa shape index (κ3) is 6.32. The average Bonchev–Trinajstić information content (AvgIpc) is 2.86. The maximum Gasteiger partial charge on any atom is 0.335 e. The van der Waals surface area contributed by atoms with Crippen molar-refractivity contribution >= 4 is 23.9 Å². The lowest BCUT2D eigenvalue weighted by molar-refractivity contribution is -0.368. The summed E-state index contributed by atoms with van der Waals surface area (Å²) in [5.41, 5.74) is 0. The van der Waals surface area contributed by atoms with Crippen molar-refractivity contribution in [2.45, 2.75) is 99.0 Å². The Labute approximate surface area is 222 Å². The highest BCUT2D eigenvalue weighted by Gasteiger charge is 2.57. The fourth-order valence-corrected chi connectivity index (χ4v) is 4.29. The molecule has 0 radical (unpaired) electrons. The number of carboxylic acids is 3. The van der Waals surface area contributed by atoms with Crippen LogP contribution in [-0.4, -0.2) is 167 Å². The third-order valence-corrected chi connectivity index (χ3v) is 6.27. The molecule has 3 fully saturated rings. The standard InChI is InChI=1S/C20H28O20/c1-2(21)35-10-8(27)18(34)36-14(17(32)33)12(10)39-20-7(26)5(24)9(13(40-20)16(30)31)37-19-6(25)3(22)4(23)11(38-19)15(28)29/h3-14,18-20,22-27,34H,1H3,(H,28,29)(H,30,31)(H,32,33). The molecule has 15 unspecified atom stereocenters. The number of esters is 1. The Balaban J connectivity index is 1.86. The second kappa shape index (κ2) is 12.5. The molecule has 3 heterocycles. The number of ether oxygens (including phenoxy) is 6. The van der Waals surface area contributed by atoms with Gasteiger partial charge < -0.3 is 79.5 Å². The van der Waals surface area contributed by atoms with Gasteiger partial charge in [0.1, 0.15) is 48.8 Å². The Morgan fingerprint density at radius 2 is 0.975 bits per heavy atom. The van der Waals surface area contributed by atoms with Gasteiger partial charge in [-0.3, -0.25) is 4.79 Å². The third-order valence-electron chi connectivity index (χ3n) is 6.27. The quantitative estimate of drug-likeness (QED) is 0.118. The van der Waals surface area contributed by atoms with Crippen LogP contribution in [0.3, 0.4) is 0 Å². The van der Waals surface area contributed by atoms with Crippen LogP contribution in [-0.2, 0) is 47.6 Å². The minimum atomic E-state index is -2.32. The lowest BCUT2D eigenvalue weighted by Gasteiger charge is -2.47. The minimum absolute atomic E-state index is 0.867. The Hall–Kier alpha value is -2.60. The number of carbonyl (C=O) groups is 4. The van der Waals surface area contributed by atoms with Gasteiger partial charge in [-0.05, 0) is 0 Å². The summed E-state index contributed by atoms with van der Waals surface area (Å²) in [4.78, 5) is 46.5. The summed E-state index contributed by atoms with van der Waals surface area (Å²) < 4.78 is 30.1. The summed E-state index contributed by atoms with van der Waals surface area (Å²) in [6.45, 7) is 0.867. The van der Waals surface area contributed by atoms with Crippen molar-refractivity contribution in [1.82, 2.24) is 0 Å². The number of rotatable bonds is 8. The van der Waals surface area contributed by atoms with Crippen LogP contribution in [0.25, 0.3) is 0 Å². The van der Waals surface area contributed by atoms with E-state index in [1.165, 1.54) is 0 Å². The van der Waals surface area contributed by atoms with Gasteiger partial charge in [-0.25, -0.2) is 14.4 Å². The van der Waals surface area contributed by atoms with E-state index in [1.807, 2.05) is 0 Å². The highest BCUT2D eigenvalue weighted by atomic mass is 16.8. The molecule has 0 saturated carbocycles. The minimum Gasteiger partial charge on any atom is -0.479 e. The molecule has 0 aromatic rings. The zero-order valence-electron chi connectivity index (χ0n) is 20.2. The highest BCUT2D eigenvalue weighted by Crippen LogP contribution is 2.33. The van der Waals surface area contributed by atoms with Gasteiger partial charge in [0.05, 0.1) is 0 Å². The summed E-state index contributed by atoms with van der Waals surface area (Å²) >= 11 is 0. The molecule has 228 valence electrons. The highest BCUT2D eigenvalue weighted by molar-refractivity contribution is 5.74. The molecular weight excluding hydrogens is 560 g/mol. The van der Waals surface area contributed by atoms with Crippen LogP contribution < -0.4 is 0 Å². The predicted molar refractivity (Wildman–Crippen MR) is 112 cm³/mol. The zero-order valence-corrected chi connectivity index (χ0v) is 20.2. The first-order valence-corrected chi connectivity index (χ1v) is 11.5. The van der Waals surface area contributed by atoms with E-state index in [4.69, 9.17) is 33.5 Å². The predicted octanol–water partition coefficient (Wildman–Crippen LogP) is -6.73. The molecule has 3 aliphatic heterocycles. The van der Waals surface area contributed by atoms with Gasteiger partial charge in [0.25, 0.3) is 0 Å². The normalized spacial score (nSPS) is 45.9. The number of aliphatic hydroxyl groups excluding tert-OH is 7. The van der Waals surface area contributed by atoms with E-state index < -0.39 is 116 Å². The molecule has 0 amide bonds. The average molecular weight is 588 g/mol. The monoisotopic (exact) mass is 588 g/mol. The maximum atomic E-state index is 11.9. The van der Waals surface area contributed by atoms with Crippen LogP contribution in [0.5, 0.6) is 0 Å². The van der Waals surface area contributed by atoms with Crippen LogP contribution in [0.2, 0.25) is 0 Å². The van der Waals surface area contributed by atoms with Gasteiger partial charge in [-0.15, -0.1) is 0 Å². The van der Waals surface area contributed by atoms with Crippen LogP contribution >= 0.6 is 0 Å². The molecule has 20 heteroatoms. The van der Waals surface area contributed by atoms with Gasteiger partial charge >= 0.3 is 23.9 Å². The summed E-state index contributed by atoms with van der Waals surface area (Å²) in [6.07, 6.45) is -32.6. The first kappa shape index (κ1) is 31.9. The van der Waals surface area contributed by atoms with Crippen molar-refractivity contribution in [3.8, 4) is 0 Å². The molecular formula is C20H28O20. The molecule has 10 N–H and O–H groups in total. The van der Waals surface area contributed by atoms with Crippen molar-refractivity contribution in [1.29, 1.82) is 0 Å². The van der Waals surface area contributed by atoms with Crippen LogP contribution in [0.1, 0.15) is 6.92 Å². The molecule has 40 heavy (non-hydrogen) atoms. The van der Waals surface area contributed by atoms with Crippen molar-refractivity contribution in [3.63, 3.8) is 0 Å². The van der Waals surface area contributed by atoms with Crippen molar-refractivity contribution in [3.05, 3.63) is 0 Å². The van der Waals surface area contributed by atoms with Crippen molar-refractivity contribution in [2.75, 3.05) is 0 Å². The molecule has 3 saturated heterocycles. The van der Waals surface area contributed by atoms with Gasteiger partial charge in [0, 0.05) is 6.92 Å². The SMILES string of the molecule is CC(=O)OC1C(O)C(O)OC(C(=O)O)C1OC1OC(C(=O)O)C(OC2OC(C(=O)O)C(O)C(O)C2O)C(O)C1O. The van der Waals surface area contributed by atoms with Crippen molar-refractivity contribution < 1.29 is 98.7 Å². The van der Waals surface area contributed by atoms with E-state index in [0.29, 0.717) is 0 Å². The molecule has 0 bridgehead atoms. The van der Waals surface area contributed by atoms with E-state index in [-0.39, 0.29) is 0 Å².